The third kappa shape index (κ3) is 9.77. The van der Waals surface area contributed by atoms with Gasteiger partial charge in [-0.25, -0.2) is 0 Å². The van der Waals surface area contributed by atoms with Gasteiger partial charge in [0.25, 0.3) is 0 Å². The monoisotopic (exact) mass is 1110 g/mol. The fourth-order valence-electron chi connectivity index (χ4n) is 13.8. The largest absolute Gasteiger partial charge is 0.314 e. The average molecular weight is 1120 g/mol. The van der Waals surface area contributed by atoms with E-state index in [2.05, 4.69) is 324 Å². The Morgan fingerprint density at radius 1 is 0.291 bits per heavy atom. The van der Waals surface area contributed by atoms with E-state index in [1.54, 1.807) is 0 Å². The van der Waals surface area contributed by atoms with Gasteiger partial charge in [-0.05, 0) is 247 Å². The van der Waals surface area contributed by atoms with E-state index < -0.39 is 5.41 Å². The van der Waals surface area contributed by atoms with Crippen LogP contribution in [0.15, 0.2) is 277 Å². The second-order valence-corrected chi connectivity index (χ2v) is 24.8. The van der Waals surface area contributed by atoms with E-state index in [0.717, 1.165) is 82.6 Å². The molecule has 0 fully saturated rings. The van der Waals surface area contributed by atoms with Crippen LogP contribution in [0.25, 0.3) is 16.7 Å². The smallest absolute Gasteiger partial charge is 0.0570 e. The van der Waals surface area contributed by atoms with Crippen molar-refractivity contribution in [3.8, 4) is 11.1 Å². The number of fused-ring (bicyclic) bond motifs is 10. The van der Waals surface area contributed by atoms with Gasteiger partial charge in [-0.1, -0.05) is 166 Å². The molecule has 422 valence electrons. The number of benzene rings is 9. The molecular weight excluding hydrogens is 1040 g/mol. The van der Waals surface area contributed by atoms with E-state index >= 15 is 0 Å². The molecule has 2 atom stereocenters. The van der Waals surface area contributed by atoms with Gasteiger partial charge in [0.2, 0.25) is 0 Å². The van der Waals surface area contributed by atoms with Gasteiger partial charge in [-0.2, -0.15) is 0 Å². The molecule has 0 saturated heterocycles. The van der Waals surface area contributed by atoms with Crippen molar-refractivity contribution < 1.29 is 0 Å². The summed E-state index contributed by atoms with van der Waals surface area (Å²) >= 11 is 0. The molecule has 2 bridgehead atoms. The van der Waals surface area contributed by atoms with E-state index in [1.807, 2.05) is 0 Å². The molecule has 5 aliphatic carbocycles. The number of hydrogen-bond acceptors (Lipinski definition) is 4. The Morgan fingerprint density at radius 3 is 0.965 bits per heavy atom. The van der Waals surface area contributed by atoms with E-state index in [1.165, 1.54) is 94.9 Å². The highest BCUT2D eigenvalue weighted by molar-refractivity contribution is 5.95. The lowest BCUT2D eigenvalue weighted by Gasteiger charge is -2.44. The predicted molar refractivity (Wildman–Crippen MR) is 364 cm³/mol. The number of hydrogen-bond donors (Lipinski definition) is 0. The van der Waals surface area contributed by atoms with Crippen molar-refractivity contribution in [2.45, 2.75) is 86.5 Å². The van der Waals surface area contributed by atoms with Gasteiger partial charge < -0.3 is 19.6 Å². The molecule has 86 heavy (non-hydrogen) atoms. The van der Waals surface area contributed by atoms with Crippen molar-refractivity contribution in [2.24, 2.45) is 5.92 Å². The van der Waals surface area contributed by atoms with Gasteiger partial charge in [-0.3, -0.25) is 0 Å². The third-order valence-electron chi connectivity index (χ3n) is 18.6. The first-order chi connectivity index (χ1) is 41.9. The van der Waals surface area contributed by atoms with Crippen molar-refractivity contribution in [1.29, 1.82) is 0 Å². The van der Waals surface area contributed by atoms with Crippen molar-refractivity contribution in [3.63, 3.8) is 0 Å². The molecule has 9 aromatic carbocycles. The van der Waals surface area contributed by atoms with Crippen LogP contribution in [0.4, 0.5) is 51.2 Å². The fraction of sp³-hybridized carbons (Fsp3) is 0.171. The highest BCUT2D eigenvalue weighted by atomic mass is 15.2. The predicted octanol–water partition coefficient (Wildman–Crippen LogP) is 22.2. The summed E-state index contributed by atoms with van der Waals surface area (Å²) in [6.45, 7) is 17.6. The van der Waals surface area contributed by atoms with Gasteiger partial charge in [-0.15, -0.1) is 0 Å². The Bertz CT molecular complexity index is 4240. The lowest BCUT2D eigenvalue weighted by molar-refractivity contribution is 0.528. The van der Waals surface area contributed by atoms with Gasteiger partial charge in [0.1, 0.15) is 0 Å². The standard InChI is InChI=1S/C82H74N4/c1-54-9-26-64(27-10-54)83(65-28-11-55(2)12-29-65)72-42-25-62-49-63(50-72)82(79-51-73(43-46-76(62)79)84(66-30-13-56(3)14-31-66)67-32-15-57(4)16-33-67)80-52-74(85(68-34-17-58(5)18-35-68)69-36-19-59(6)20-37-69)44-47-77(80)78-48-45-75(53-81(78)82)86(70-38-21-60(7)22-39-70)71-40-23-61(8)24-41-71/h9-15,17-23,25-32,34-40,42-53,63H,16,24,33,41H2,1-8H3. The highest BCUT2D eigenvalue weighted by Crippen LogP contribution is 2.63. The molecule has 4 heteroatoms. The minimum atomic E-state index is -0.770. The molecule has 14 rings (SSSR count). The van der Waals surface area contributed by atoms with E-state index in [-0.39, 0.29) is 5.92 Å². The second kappa shape index (κ2) is 22.1. The maximum Gasteiger partial charge on any atom is 0.0570 e. The zero-order chi connectivity index (χ0) is 58.8. The van der Waals surface area contributed by atoms with Crippen molar-refractivity contribution in [2.75, 3.05) is 19.6 Å². The summed E-state index contributed by atoms with van der Waals surface area (Å²) in [7, 11) is 0. The van der Waals surface area contributed by atoms with E-state index in [0.29, 0.717) is 0 Å². The van der Waals surface area contributed by atoms with Gasteiger partial charge in [0, 0.05) is 74.2 Å². The van der Waals surface area contributed by atoms with Crippen LogP contribution in [-0.4, -0.2) is 0 Å². The van der Waals surface area contributed by atoms with Crippen LogP contribution in [0, 0.1) is 47.5 Å². The van der Waals surface area contributed by atoms with Crippen LogP contribution in [0.2, 0.25) is 0 Å². The Hall–Kier alpha value is -9.64. The molecule has 1 spiro atoms. The zero-order valence-electron chi connectivity index (χ0n) is 50.9. The minimum absolute atomic E-state index is 0.180. The summed E-state index contributed by atoms with van der Waals surface area (Å²) in [5.41, 5.74) is 32.2. The Labute approximate surface area is 509 Å². The van der Waals surface area contributed by atoms with E-state index in [4.69, 9.17) is 0 Å². The molecule has 4 nitrogen and oxygen atoms in total. The normalized spacial score (nSPS) is 17.2. The third-order valence-corrected chi connectivity index (χ3v) is 18.6. The molecule has 0 amide bonds. The average Bonchev–Trinajstić information content (AvgIpc) is 1.53. The van der Waals surface area contributed by atoms with Gasteiger partial charge >= 0.3 is 0 Å². The van der Waals surface area contributed by atoms with Crippen LogP contribution in [0.1, 0.15) is 95.2 Å². The molecule has 0 radical (unpaired) electrons. The number of aryl methyl sites for hydroxylation is 6. The van der Waals surface area contributed by atoms with Crippen LogP contribution >= 0.6 is 0 Å². The lowest BCUT2D eigenvalue weighted by atomic mass is 9.59. The molecular formula is C82H74N4. The highest BCUT2D eigenvalue weighted by Gasteiger charge is 2.53. The summed E-state index contributed by atoms with van der Waals surface area (Å²) in [4.78, 5) is 10.0. The van der Waals surface area contributed by atoms with Crippen LogP contribution in [0.3, 0.4) is 0 Å². The summed E-state index contributed by atoms with van der Waals surface area (Å²) in [6, 6.07) is 76.7. The Morgan fingerprint density at radius 2 is 0.605 bits per heavy atom. The first kappa shape index (κ1) is 54.3. The summed E-state index contributed by atoms with van der Waals surface area (Å²) < 4.78 is 0. The zero-order valence-corrected chi connectivity index (χ0v) is 50.9. The van der Waals surface area contributed by atoms with Crippen LogP contribution in [-0.2, 0) is 5.41 Å². The lowest BCUT2D eigenvalue weighted by Crippen LogP contribution is -2.38. The molecule has 0 N–H and O–H groups in total. The molecule has 0 saturated carbocycles. The van der Waals surface area contributed by atoms with E-state index in [9.17, 15) is 0 Å². The van der Waals surface area contributed by atoms with Crippen molar-refractivity contribution in [3.05, 3.63) is 333 Å². The second-order valence-electron chi connectivity index (χ2n) is 24.8. The first-order valence-corrected chi connectivity index (χ1v) is 30.8. The van der Waals surface area contributed by atoms with Crippen molar-refractivity contribution >= 4 is 56.8 Å². The molecule has 0 heterocycles. The van der Waals surface area contributed by atoms with Crippen molar-refractivity contribution in [1.82, 2.24) is 0 Å². The maximum atomic E-state index is 2.61. The Balaban J connectivity index is 1.10. The molecule has 9 aromatic rings. The summed E-state index contributed by atoms with van der Waals surface area (Å²) in [5, 5.41) is 0. The van der Waals surface area contributed by atoms with Crippen LogP contribution < -0.4 is 19.6 Å². The molecule has 2 unspecified atom stereocenters. The number of allylic oxidation sites excluding steroid dienone is 13. The summed E-state index contributed by atoms with van der Waals surface area (Å²) in [5.74, 6) is -0.180. The minimum Gasteiger partial charge on any atom is -0.314 e. The number of nitrogens with zero attached hydrogens (tertiary/aromatic N) is 4. The topological polar surface area (TPSA) is 13.0 Å². The SMILES string of the molecule is CC1=CC=C(N(c2ccc(C)cc2)c2ccc3c(c2)C2(c4cc(N(C5=CC=C(C)CC5)c5ccc(C)cc5)ccc4-c4ccc(N(c5ccc(C)cc5)c5ccc(C)cc5)cc42)C2C=C3C=CC(N(c3ccc(C)cc3)c3ccc(C)cc3)=C2)CC1. The molecule has 0 aliphatic heterocycles. The van der Waals surface area contributed by atoms with Gasteiger partial charge in [0.05, 0.1) is 5.41 Å². The van der Waals surface area contributed by atoms with Gasteiger partial charge in [0.15, 0.2) is 0 Å². The molecule has 5 aliphatic rings. The number of rotatable bonds is 12. The fourth-order valence-corrected chi connectivity index (χ4v) is 13.8. The number of anilines is 9. The quantitative estimate of drug-likeness (QED) is 0.121. The van der Waals surface area contributed by atoms with Crippen LogP contribution in [0.5, 0.6) is 0 Å². The Kier molecular flexibility index (Phi) is 13.9. The molecule has 0 aromatic heterocycles. The summed E-state index contributed by atoms with van der Waals surface area (Å²) in [6.07, 6.45) is 23.3. The maximum absolute atomic E-state index is 2.61. The first-order valence-electron chi connectivity index (χ1n) is 30.8.